The fourth-order valence-corrected chi connectivity index (χ4v) is 1.49. The van der Waals surface area contributed by atoms with Crippen molar-refractivity contribution in [1.29, 1.82) is 0 Å². The third kappa shape index (κ3) is 3.32. The molecule has 0 aromatic rings. The molecule has 76 valence electrons. The molecule has 0 spiro atoms. The van der Waals surface area contributed by atoms with Gasteiger partial charge in [0.25, 0.3) is 0 Å². The first-order valence-corrected chi connectivity index (χ1v) is 4.81. The van der Waals surface area contributed by atoms with E-state index in [1.165, 1.54) is 0 Å². The molecular formula is C9H18N2O2. The van der Waals surface area contributed by atoms with Crippen LogP contribution in [-0.2, 0) is 9.53 Å². The van der Waals surface area contributed by atoms with E-state index in [-0.39, 0.29) is 5.91 Å². The molecule has 1 aliphatic rings. The normalized spacial score (nSPS) is 26.6. The summed E-state index contributed by atoms with van der Waals surface area (Å²) in [6, 6.07) is 0.331. The van der Waals surface area contributed by atoms with Gasteiger partial charge in [0.1, 0.15) is 0 Å². The molecule has 4 nitrogen and oxygen atoms in total. The molecule has 0 radical (unpaired) electrons. The van der Waals surface area contributed by atoms with Crippen LogP contribution in [0.15, 0.2) is 0 Å². The van der Waals surface area contributed by atoms with Gasteiger partial charge in [0.2, 0.25) is 5.91 Å². The van der Waals surface area contributed by atoms with Crippen molar-refractivity contribution in [3.8, 4) is 0 Å². The van der Waals surface area contributed by atoms with Crippen LogP contribution >= 0.6 is 0 Å². The zero-order chi connectivity index (χ0) is 9.68. The fraction of sp³-hybridized carbons (Fsp3) is 0.889. The third-order valence-corrected chi connectivity index (χ3v) is 2.20. The third-order valence-electron chi connectivity index (χ3n) is 2.20. The quantitative estimate of drug-likeness (QED) is 0.630. The molecule has 0 atom stereocenters. The first-order valence-electron chi connectivity index (χ1n) is 4.81. The van der Waals surface area contributed by atoms with E-state index in [1.807, 2.05) is 6.92 Å². The van der Waals surface area contributed by atoms with Gasteiger partial charge in [-0.3, -0.25) is 4.79 Å². The highest BCUT2D eigenvalue weighted by atomic mass is 16.5. The SMILES string of the molecule is CCOC1CC(NC(=O)CNC)C1. The molecule has 1 aliphatic carbocycles. The lowest BCUT2D eigenvalue weighted by Crippen LogP contribution is -2.49. The average molecular weight is 186 g/mol. The van der Waals surface area contributed by atoms with Crippen molar-refractivity contribution in [3.63, 3.8) is 0 Å². The number of carbonyl (C=O) groups excluding carboxylic acids is 1. The van der Waals surface area contributed by atoms with Gasteiger partial charge >= 0.3 is 0 Å². The Morgan fingerprint density at radius 2 is 2.23 bits per heavy atom. The number of hydrogen-bond donors (Lipinski definition) is 2. The van der Waals surface area contributed by atoms with E-state index in [2.05, 4.69) is 10.6 Å². The lowest BCUT2D eigenvalue weighted by atomic mass is 9.89. The summed E-state index contributed by atoms with van der Waals surface area (Å²) in [5, 5.41) is 5.74. The first kappa shape index (κ1) is 10.5. The van der Waals surface area contributed by atoms with Crippen LogP contribution in [0.3, 0.4) is 0 Å². The lowest BCUT2D eigenvalue weighted by Gasteiger charge is -2.35. The molecule has 0 aliphatic heterocycles. The maximum Gasteiger partial charge on any atom is 0.234 e. The van der Waals surface area contributed by atoms with Crippen molar-refractivity contribution in [2.24, 2.45) is 0 Å². The van der Waals surface area contributed by atoms with Crippen LogP contribution in [0, 0.1) is 0 Å². The lowest BCUT2D eigenvalue weighted by molar-refractivity contribution is -0.122. The van der Waals surface area contributed by atoms with E-state index in [0.29, 0.717) is 18.7 Å². The van der Waals surface area contributed by atoms with Crippen molar-refractivity contribution in [2.45, 2.75) is 31.9 Å². The second kappa shape index (κ2) is 5.19. The number of nitrogens with one attached hydrogen (secondary N) is 2. The van der Waals surface area contributed by atoms with Crippen molar-refractivity contribution in [2.75, 3.05) is 20.2 Å². The second-order valence-corrected chi connectivity index (χ2v) is 3.34. The summed E-state index contributed by atoms with van der Waals surface area (Å²) < 4.78 is 5.38. The van der Waals surface area contributed by atoms with Crippen LogP contribution in [0.2, 0.25) is 0 Å². The molecule has 0 aromatic heterocycles. The predicted octanol–water partition coefficient (Wildman–Crippen LogP) is -0.110. The Kier molecular flexibility index (Phi) is 4.18. The van der Waals surface area contributed by atoms with E-state index in [4.69, 9.17) is 4.74 Å². The Labute approximate surface area is 79.0 Å². The minimum Gasteiger partial charge on any atom is -0.378 e. The number of hydrogen-bond acceptors (Lipinski definition) is 3. The van der Waals surface area contributed by atoms with Gasteiger partial charge in [0, 0.05) is 12.6 Å². The summed E-state index contributed by atoms with van der Waals surface area (Å²) in [5.74, 6) is 0.0717. The molecule has 13 heavy (non-hydrogen) atoms. The van der Waals surface area contributed by atoms with Gasteiger partial charge in [0.05, 0.1) is 12.6 Å². The average Bonchev–Trinajstić information content (AvgIpc) is 2.01. The fourth-order valence-electron chi connectivity index (χ4n) is 1.49. The standard InChI is InChI=1S/C9H18N2O2/c1-3-13-8-4-7(5-8)11-9(12)6-10-2/h7-8,10H,3-6H2,1-2H3,(H,11,12). The Morgan fingerprint density at radius 1 is 1.54 bits per heavy atom. The topological polar surface area (TPSA) is 50.4 Å². The highest BCUT2D eigenvalue weighted by molar-refractivity contribution is 5.78. The van der Waals surface area contributed by atoms with E-state index in [9.17, 15) is 4.79 Å². The molecule has 1 rings (SSSR count). The molecule has 1 fully saturated rings. The summed E-state index contributed by atoms with van der Waals surface area (Å²) in [6.45, 7) is 3.16. The highest BCUT2D eigenvalue weighted by Crippen LogP contribution is 2.22. The van der Waals surface area contributed by atoms with E-state index < -0.39 is 0 Å². The van der Waals surface area contributed by atoms with Gasteiger partial charge in [-0.2, -0.15) is 0 Å². The van der Waals surface area contributed by atoms with Gasteiger partial charge < -0.3 is 15.4 Å². The van der Waals surface area contributed by atoms with Crippen LogP contribution in [0.5, 0.6) is 0 Å². The van der Waals surface area contributed by atoms with E-state index in [1.54, 1.807) is 7.05 Å². The maximum absolute atomic E-state index is 11.1. The smallest absolute Gasteiger partial charge is 0.234 e. The number of rotatable bonds is 5. The molecule has 0 bridgehead atoms. The first-order chi connectivity index (χ1) is 6.26. The highest BCUT2D eigenvalue weighted by Gasteiger charge is 2.30. The Balaban J connectivity index is 2.04. The predicted molar refractivity (Wildman–Crippen MR) is 50.5 cm³/mol. The van der Waals surface area contributed by atoms with Gasteiger partial charge in [0.15, 0.2) is 0 Å². The zero-order valence-electron chi connectivity index (χ0n) is 8.30. The van der Waals surface area contributed by atoms with E-state index >= 15 is 0 Å². The monoisotopic (exact) mass is 186 g/mol. The van der Waals surface area contributed by atoms with Gasteiger partial charge in [-0.15, -0.1) is 0 Å². The number of amides is 1. The van der Waals surface area contributed by atoms with E-state index in [0.717, 1.165) is 19.4 Å². The van der Waals surface area contributed by atoms with Gasteiger partial charge in [-0.05, 0) is 26.8 Å². The number of carbonyl (C=O) groups is 1. The molecule has 0 unspecified atom stereocenters. The van der Waals surface area contributed by atoms with Crippen molar-refractivity contribution in [1.82, 2.24) is 10.6 Å². The summed E-state index contributed by atoms with van der Waals surface area (Å²) in [5.41, 5.74) is 0. The van der Waals surface area contributed by atoms with Crippen molar-refractivity contribution < 1.29 is 9.53 Å². The molecule has 1 saturated carbocycles. The van der Waals surface area contributed by atoms with Crippen LogP contribution in [0.25, 0.3) is 0 Å². The molecular weight excluding hydrogens is 168 g/mol. The van der Waals surface area contributed by atoms with Crippen LogP contribution in [-0.4, -0.2) is 38.3 Å². The number of likely N-dealkylation sites (N-methyl/N-ethyl adjacent to an activating group) is 1. The molecule has 0 heterocycles. The summed E-state index contributed by atoms with van der Waals surface area (Å²) in [6.07, 6.45) is 2.29. The molecule has 2 N–H and O–H groups in total. The second-order valence-electron chi connectivity index (χ2n) is 3.34. The zero-order valence-corrected chi connectivity index (χ0v) is 8.30. The molecule has 1 amide bonds. The summed E-state index contributed by atoms with van der Waals surface area (Å²) in [4.78, 5) is 11.1. The Bertz CT molecular complexity index is 167. The van der Waals surface area contributed by atoms with Crippen molar-refractivity contribution >= 4 is 5.91 Å². The largest absolute Gasteiger partial charge is 0.378 e. The Hall–Kier alpha value is -0.610. The summed E-state index contributed by atoms with van der Waals surface area (Å²) >= 11 is 0. The number of ether oxygens (including phenoxy) is 1. The van der Waals surface area contributed by atoms with Crippen LogP contribution in [0.4, 0.5) is 0 Å². The molecule has 0 aromatic carbocycles. The maximum atomic E-state index is 11.1. The van der Waals surface area contributed by atoms with Crippen LogP contribution < -0.4 is 10.6 Å². The molecule has 0 saturated heterocycles. The van der Waals surface area contributed by atoms with Crippen LogP contribution in [0.1, 0.15) is 19.8 Å². The van der Waals surface area contributed by atoms with Gasteiger partial charge in [-0.1, -0.05) is 0 Å². The summed E-state index contributed by atoms with van der Waals surface area (Å²) in [7, 11) is 1.77. The van der Waals surface area contributed by atoms with Gasteiger partial charge in [-0.25, -0.2) is 0 Å². The minimum atomic E-state index is 0.0717. The minimum absolute atomic E-state index is 0.0717. The Morgan fingerprint density at radius 3 is 2.77 bits per heavy atom. The van der Waals surface area contributed by atoms with Crippen molar-refractivity contribution in [3.05, 3.63) is 0 Å². The molecule has 4 heteroatoms.